The van der Waals surface area contributed by atoms with Crippen molar-refractivity contribution in [1.29, 1.82) is 0 Å². The third-order valence-corrected chi connectivity index (χ3v) is 5.16. The molecule has 0 atom stereocenters. The number of benzene rings is 1. The fraction of sp³-hybridized carbons (Fsp3) is 0.412. The van der Waals surface area contributed by atoms with Crippen LogP contribution in [0.25, 0.3) is 0 Å². The standard InChI is InChI=1S/C17H19F3N4S/c1-21-15(22-9-14-24-13(10-25-14)17(18,19)20)23-11-16(7-8-16)12-5-3-2-4-6-12/h2-6,10H,7-9,11H2,1H3,(H2,21,22,23). The first-order valence-electron chi connectivity index (χ1n) is 7.95. The summed E-state index contributed by atoms with van der Waals surface area (Å²) in [5, 5.41) is 7.70. The maximum Gasteiger partial charge on any atom is 0.434 e. The van der Waals surface area contributed by atoms with Crippen molar-refractivity contribution in [3.8, 4) is 0 Å². The highest BCUT2D eigenvalue weighted by atomic mass is 32.1. The molecule has 4 nitrogen and oxygen atoms in total. The van der Waals surface area contributed by atoms with Crippen LogP contribution >= 0.6 is 11.3 Å². The first kappa shape index (κ1) is 17.7. The molecule has 8 heteroatoms. The molecule has 1 aliphatic rings. The molecule has 25 heavy (non-hydrogen) atoms. The Morgan fingerprint density at radius 1 is 1.24 bits per heavy atom. The zero-order valence-electron chi connectivity index (χ0n) is 13.7. The third kappa shape index (κ3) is 4.31. The van der Waals surface area contributed by atoms with Gasteiger partial charge in [-0.1, -0.05) is 30.3 Å². The Morgan fingerprint density at radius 3 is 2.52 bits per heavy atom. The molecule has 134 valence electrons. The molecule has 1 saturated carbocycles. The lowest BCUT2D eigenvalue weighted by molar-refractivity contribution is -0.140. The fourth-order valence-corrected chi connectivity index (χ4v) is 3.41. The molecule has 1 aromatic carbocycles. The van der Waals surface area contributed by atoms with Gasteiger partial charge in [-0.2, -0.15) is 13.2 Å². The first-order valence-corrected chi connectivity index (χ1v) is 8.83. The summed E-state index contributed by atoms with van der Waals surface area (Å²) in [6.45, 7) is 0.946. The molecule has 1 heterocycles. The van der Waals surface area contributed by atoms with Crippen molar-refractivity contribution >= 4 is 17.3 Å². The van der Waals surface area contributed by atoms with E-state index in [-0.39, 0.29) is 12.0 Å². The monoisotopic (exact) mass is 368 g/mol. The second-order valence-electron chi connectivity index (χ2n) is 6.05. The molecule has 3 rings (SSSR count). The number of hydrogen-bond acceptors (Lipinski definition) is 3. The number of nitrogens with zero attached hydrogens (tertiary/aromatic N) is 2. The van der Waals surface area contributed by atoms with Gasteiger partial charge in [-0.3, -0.25) is 4.99 Å². The van der Waals surface area contributed by atoms with Gasteiger partial charge in [0, 0.05) is 24.4 Å². The molecule has 2 N–H and O–H groups in total. The van der Waals surface area contributed by atoms with Crippen LogP contribution in [-0.4, -0.2) is 24.5 Å². The van der Waals surface area contributed by atoms with Gasteiger partial charge in [0.05, 0.1) is 6.54 Å². The van der Waals surface area contributed by atoms with E-state index < -0.39 is 11.9 Å². The van der Waals surface area contributed by atoms with E-state index in [0.717, 1.165) is 36.1 Å². The van der Waals surface area contributed by atoms with Crippen molar-refractivity contribution in [3.63, 3.8) is 0 Å². The normalized spacial score (nSPS) is 16.6. The van der Waals surface area contributed by atoms with E-state index in [2.05, 4.69) is 32.7 Å². The first-order chi connectivity index (χ1) is 11.9. The number of nitrogens with one attached hydrogen (secondary N) is 2. The van der Waals surface area contributed by atoms with Gasteiger partial charge in [-0.15, -0.1) is 11.3 Å². The summed E-state index contributed by atoms with van der Waals surface area (Å²) in [6, 6.07) is 10.3. The summed E-state index contributed by atoms with van der Waals surface area (Å²) in [4.78, 5) is 7.74. The maximum atomic E-state index is 12.6. The van der Waals surface area contributed by atoms with Gasteiger partial charge >= 0.3 is 6.18 Å². The van der Waals surface area contributed by atoms with Crippen LogP contribution in [0.2, 0.25) is 0 Å². The lowest BCUT2D eigenvalue weighted by Gasteiger charge is -2.18. The molecule has 0 spiro atoms. The zero-order valence-corrected chi connectivity index (χ0v) is 14.5. The topological polar surface area (TPSA) is 49.3 Å². The van der Waals surface area contributed by atoms with Crippen molar-refractivity contribution in [2.75, 3.05) is 13.6 Å². The lowest BCUT2D eigenvalue weighted by Crippen LogP contribution is -2.40. The Bertz CT molecular complexity index is 736. The molecule has 0 aliphatic heterocycles. The van der Waals surface area contributed by atoms with Crippen molar-refractivity contribution < 1.29 is 13.2 Å². The molecule has 0 unspecified atom stereocenters. The minimum absolute atomic E-state index is 0.128. The largest absolute Gasteiger partial charge is 0.434 e. The van der Waals surface area contributed by atoms with Crippen molar-refractivity contribution in [3.05, 3.63) is 52.0 Å². The number of guanidine groups is 1. The summed E-state index contributed by atoms with van der Waals surface area (Å²) in [7, 11) is 1.64. The summed E-state index contributed by atoms with van der Waals surface area (Å²) >= 11 is 0.985. The van der Waals surface area contributed by atoms with Crippen LogP contribution in [0.15, 0.2) is 40.7 Å². The second-order valence-corrected chi connectivity index (χ2v) is 6.99. The van der Waals surface area contributed by atoms with Gasteiger partial charge in [-0.25, -0.2) is 4.98 Å². The van der Waals surface area contributed by atoms with Crippen molar-refractivity contribution in [2.24, 2.45) is 4.99 Å². The van der Waals surface area contributed by atoms with Crippen LogP contribution < -0.4 is 10.6 Å². The van der Waals surface area contributed by atoms with E-state index in [9.17, 15) is 13.2 Å². The number of alkyl halides is 3. The Labute approximate surface area is 148 Å². The van der Waals surface area contributed by atoms with Gasteiger partial charge in [-0.05, 0) is 18.4 Å². The number of halogens is 3. The molecule has 0 saturated heterocycles. The van der Waals surface area contributed by atoms with Crippen LogP contribution in [0, 0.1) is 0 Å². The molecule has 0 bridgehead atoms. The maximum absolute atomic E-state index is 12.6. The molecule has 1 fully saturated rings. The van der Waals surface area contributed by atoms with E-state index in [1.165, 1.54) is 5.56 Å². The summed E-state index contributed by atoms with van der Waals surface area (Å²) in [5.41, 5.74) is 0.578. The molecule has 2 aromatic rings. The molecule has 1 aliphatic carbocycles. The molecular weight excluding hydrogens is 349 g/mol. The predicted molar refractivity (Wildman–Crippen MR) is 92.7 cm³/mol. The number of aromatic nitrogens is 1. The Kier molecular flexibility index (Phi) is 4.99. The second kappa shape index (κ2) is 7.03. The average Bonchev–Trinajstić information content (AvgIpc) is 3.23. The molecule has 0 radical (unpaired) electrons. The predicted octanol–water partition coefficient (Wildman–Crippen LogP) is 3.56. The van der Waals surface area contributed by atoms with Crippen molar-refractivity contribution in [1.82, 2.24) is 15.6 Å². The van der Waals surface area contributed by atoms with Crippen LogP contribution in [0.5, 0.6) is 0 Å². The Hall–Kier alpha value is -2.09. The van der Waals surface area contributed by atoms with Gasteiger partial charge in [0.1, 0.15) is 5.01 Å². The highest BCUT2D eigenvalue weighted by Crippen LogP contribution is 2.47. The Morgan fingerprint density at radius 2 is 1.96 bits per heavy atom. The fourth-order valence-electron chi connectivity index (χ4n) is 2.67. The van der Waals surface area contributed by atoms with Crippen molar-refractivity contribution in [2.45, 2.75) is 31.0 Å². The zero-order chi connectivity index (χ0) is 17.9. The quantitative estimate of drug-likeness (QED) is 0.627. The SMILES string of the molecule is CN=C(NCc1nc(C(F)(F)F)cs1)NCC1(c2ccccc2)CC1. The lowest BCUT2D eigenvalue weighted by atomic mass is 9.96. The van der Waals surface area contributed by atoms with Gasteiger partial charge < -0.3 is 10.6 Å². The highest BCUT2D eigenvalue weighted by Gasteiger charge is 2.44. The smallest absolute Gasteiger partial charge is 0.356 e. The van der Waals surface area contributed by atoms with Crippen LogP contribution in [0.1, 0.15) is 29.1 Å². The molecule has 1 aromatic heterocycles. The van der Waals surface area contributed by atoms with E-state index in [0.29, 0.717) is 11.0 Å². The van der Waals surface area contributed by atoms with Gasteiger partial charge in [0.15, 0.2) is 11.7 Å². The average molecular weight is 368 g/mol. The van der Waals surface area contributed by atoms with E-state index in [1.807, 2.05) is 18.2 Å². The van der Waals surface area contributed by atoms with E-state index >= 15 is 0 Å². The summed E-state index contributed by atoms with van der Waals surface area (Å²) in [5.74, 6) is 0.561. The number of hydrogen-bond donors (Lipinski definition) is 2. The summed E-state index contributed by atoms with van der Waals surface area (Å²) in [6.07, 6.45) is -2.17. The van der Waals surface area contributed by atoms with E-state index in [4.69, 9.17) is 0 Å². The number of rotatable bonds is 5. The minimum Gasteiger partial charge on any atom is -0.356 e. The molecule has 0 amide bonds. The number of aliphatic imine (C=N–C) groups is 1. The van der Waals surface area contributed by atoms with Gasteiger partial charge in [0.25, 0.3) is 0 Å². The van der Waals surface area contributed by atoms with Gasteiger partial charge in [0.2, 0.25) is 0 Å². The minimum atomic E-state index is -4.40. The van der Waals surface area contributed by atoms with Crippen LogP contribution in [-0.2, 0) is 18.1 Å². The Balaban J connectivity index is 1.53. The highest BCUT2D eigenvalue weighted by molar-refractivity contribution is 7.09. The van der Waals surface area contributed by atoms with Crippen LogP contribution in [0.4, 0.5) is 13.2 Å². The summed E-state index contributed by atoms with van der Waals surface area (Å²) < 4.78 is 37.7. The number of thiazole rings is 1. The third-order valence-electron chi connectivity index (χ3n) is 4.31. The van der Waals surface area contributed by atoms with E-state index in [1.54, 1.807) is 7.05 Å². The van der Waals surface area contributed by atoms with Crippen LogP contribution in [0.3, 0.4) is 0 Å². The molecular formula is C17H19F3N4S.